The van der Waals surface area contributed by atoms with Crippen LogP contribution in [0.4, 0.5) is 0 Å². The first kappa shape index (κ1) is 9.90. The van der Waals surface area contributed by atoms with Crippen LogP contribution in [0.15, 0.2) is 34.4 Å². The van der Waals surface area contributed by atoms with Crippen LogP contribution in [0.25, 0.3) is 0 Å². The smallest absolute Gasteiger partial charge is 0.0920 e. The summed E-state index contributed by atoms with van der Waals surface area (Å²) in [5.74, 6) is 0. The minimum absolute atomic E-state index is 0.120. The molecule has 1 aliphatic heterocycles. The van der Waals surface area contributed by atoms with E-state index in [9.17, 15) is 0 Å². The van der Waals surface area contributed by atoms with Crippen molar-refractivity contribution in [2.24, 2.45) is 10.1 Å². The number of hydrogen-bond acceptors (Lipinski definition) is 3. The largest absolute Gasteiger partial charge is 0.411 e. The van der Waals surface area contributed by atoms with Crippen molar-refractivity contribution in [1.82, 2.24) is 0 Å². The van der Waals surface area contributed by atoms with E-state index in [4.69, 9.17) is 5.21 Å². The normalized spacial score (nSPS) is 18.7. The van der Waals surface area contributed by atoms with Gasteiger partial charge in [-0.3, -0.25) is 4.99 Å². The Balaban J connectivity index is 2.55. The molecule has 3 heteroatoms. The molecule has 15 heavy (non-hydrogen) atoms. The molecular weight excluding hydrogens is 188 g/mol. The van der Waals surface area contributed by atoms with Gasteiger partial charge in [0, 0.05) is 5.56 Å². The molecule has 1 N–H and O–H groups in total. The van der Waals surface area contributed by atoms with Crippen LogP contribution < -0.4 is 0 Å². The molecule has 2 rings (SSSR count). The van der Waals surface area contributed by atoms with Gasteiger partial charge in [0.05, 0.1) is 17.5 Å². The van der Waals surface area contributed by atoms with Gasteiger partial charge >= 0.3 is 0 Å². The second-order valence-electron chi connectivity index (χ2n) is 4.39. The van der Waals surface area contributed by atoms with Crippen molar-refractivity contribution in [3.63, 3.8) is 0 Å². The van der Waals surface area contributed by atoms with Crippen LogP contribution in [0.3, 0.4) is 0 Å². The van der Waals surface area contributed by atoms with Crippen LogP contribution in [0.5, 0.6) is 0 Å². The number of rotatable bonds is 1. The highest BCUT2D eigenvalue weighted by Crippen LogP contribution is 2.26. The zero-order valence-electron chi connectivity index (χ0n) is 8.94. The molecule has 0 saturated carbocycles. The van der Waals surface area contributed by atoms with E-state index in [1.807, 2.05) is 18.2 Å². The molecule has 0 aliphatic carbocycles. The third kappa shape index (κ3) is 1.91. The average Bonchev–Trinajstić information content (AvgIpc) is 2.16. The molecule has 3 nitrogen and oxygen atoms in total. The van der Waals surface area contributed by atoms with Crippen molar-refractivity contribution in [1.29, 1.82) is 0 Å². The summed E-state index contributed by atoms with van der Waals surface area (Å²) in [7, 11) is 0. The van der Waals surface area contributed by atoms with Crippen LogP contribution in [-0.2, 0) is 6.42 Å². The Kier molecular flexibility index (Phi) is 2.31. The number of aliphatic imine (C=N–C) groups is 1. The predicted molar refractivity (Wildman–Crippen MR) is 61.0 cm³/mol. The SMILES string of the molecule is CC1(C)Cc2ccccc2C(/C=N\O)=N1. The van der Waals surface area contributed by atoms with Gasteiger partial charge in [0.1, 0.15) is 0 Å². The third-order valence-corrected chi connectivity index (χ3v) is 2.52. The summed E-state index contributed by atoms with van der Waals surface area (Å²) in [4.78, 5) is 4.55. The Hall–Kier alpha value is -1.64. The number of fused-ring (bicyclic) bond motifs is 1. The quantitative estimate of drug-likeness (QED) is 0.424. The van der Waals surface area contributed by atoms with Gasteiger partial charge in [-0.25, -0.2) is 0 Å². The van der Waals surface area contributed by atoms with Gasteiger partial charge in [-0.15, -0.1) is 0 Å². The highest BCUT2D eigenvalue weighted by molar-refractivity contribution is 6.38. The summed E-state index contributed by atoms with van der Waals surface area (Å²) >= 11 is 0. The topological polar surface area (TPSA) is 45.0 Å². The van der Waals surface area contributed by atoms with Crippen LogP contribution in [0, 0.1) is 0 Å². The lowest BCUT2D eigenvalue weighted by atomic mass is 9.87. The van der Waals surface area contributed by atoms with E-state index in [-0.39, 0.29) is 5.54 Å². The predicted octanol–water partition coefficient (Wildman–Crippen LogP) is 2.27. The Morgan fingerprint density at radius 3 is 2.87 bits per heavy atom. The highest BCUT2D eigenvalue weighted by atomic mass is 16.4. The van der Waals surface area contributed by atoms with Crippen LogP contribution in [-0.4, -0.2) is 22.7 Å². The van der Waals surface area contributed by atoms with E-state index in [1.54, 1.807) is 0 Å². The van der Waals surface area contributed by atoms with Crippen molar-refractivity contribution in [2.75, 3.05) is 0 Å². The molecule has 0 unspecified atom stereocenters. The summed E-state index contributed by atoms with van der Waals surface area (Å²) in [6, 6.07) is 8.09. The van der Waals surface area contributed by atoms with E-state index in [1.165, 1.54) is 11.8 Å². The van der Waals surface area contributed by atoms with Crippen LogP contribution in [0.2, 0.25) is 0 Å². The lowest BCUT2D eigenvalue weighted by molar-refractivity contribution is 0.322. The summed E-state index contributed by atoms with van der Waals surface area (Å²) < 4.78 is 0. The maximum absolute atomic E-state index is 8.60. The second-order valence-corrected chi connectivity index (χ2v) is 4.39. The molecule has 0 radical (unpaired) electrons. The molecule has 1 heterocycles. The van der Waals surface area contributed by atoms with Gasteiger partial charge in [-0.1, -0.05) is 29.4 Å². The molecule has 78 valence electrons. The molecule has 1 aromatic rings. The summed E-state index contributed by atoms with van der Waals surface area (Å²) in [6.07, 6.45) is 2.33. The molecule has 0 bridgehead atoms. The fourth-order valence-corrected chi connectivity index (χ4v) is 1.97. The summed E-state index contributed by atoms with van der Waals surface area (Å²) in [6.45, 7) is 4.16. The van der Waals surface area contributed by atoms with E-state index < -0.39 is 0 Å². The number of benzene rings is 1. The van der Waals surface area contributed by atoms with Crippen LogP contribution >= 0.6 is 0 Å². The second kappa shape index (κ2) is 3.50. The van der Waals surface area contributed by atoms with Crippen molar-refractivity contribution in [3.05, 3.63) is 35.4 Å². The van der Waals surface area contributed by atoms with E-state index in [2.05, 4.69) is 30.1 Å². The molecule has 0 atom stereocenters. The third-order valence-electron chi connectivity index (χ3n) is 2.52. The fourth-order valence-electron chi connectivity index (χ4n) is 1.97. The summed E-state index contributed by atoms with van der Waals surface area (Å²) in [5.41, 5.74) is 2.96. The first-order valence-electron chi connectivity index (χ1n) is 4.98. The van der Waals surface area contributed by atoms with Gasteiger partial charge in [0.2, 0.25) is 0 Å². The van der Waals surface area contributed by atoms with Crippen molar-refractivity contribution < 1.29 is 5.21 Å². The maximum atomic E-state index is 8.60. The van der Waals surface area contributed by atoms with Gasteiger partial charge in [-0.05, 0) is 25.8 Å². The maximum Gasteiger partial charge on any atom is 0.0920 e. The minimum Gasteiger partial charge on any atom is -0.411 e. The zero-order valence-corrected chi connectivity index (χ0v) is 8.94. The van der Waals surface area contributed by atoms with Gasteiger partial charge in [0.25, 0.3) is 0 Å². The molecule has 0 aromatic heterocycles. The molecule has 1 aliphatic rings. The van der Waals surface area contributed by atoms with Crippen molar-refractivity contribution >= 4 is 11.9 Å². The van der Waals surface area contributed by atoms with Gasteiger partial charge in [0.15, 0.2) is 0 Å². The average molecular weight is 202 g/mol. The molecule has 0 amide bonds. The zero-order chi connectivity index (χ0) is 10.9. The van der Waals surface area contributed by atoms with E-state index >= 15 is 0 Å². The van der Waals surface area contributed by atoms with E-state index in [0.29, 0.717) is 0 Å². The number of oxime groups is 1. The monoisotopic (exact) mass is 202 g/mol. The molecule has 0 spiro atoms. The van der Waals surface area contributed by atoms with E-state index in [0.717, 1.165) is 17.7 Å². The van der Waals surface area contributed by atoms with Crippen LogP contribution in [0.1, 0.15) is 25.0 Å². The van der Waals surface area contributed by atoms with Crippen molar-refractivity contribution in [2.45, 2.75) is 25.8 Å². The lowest BCUT2D eigenvalue weighted by Crippen LogP contribution is -2.29. The van der Waals surface area contributed by atoms with Gasteiger partial charge < -0.3 is 5.21 Å². The minimum atomic E-state index is -0.120. The fraction of sp³-hybridized carbons (Fsp3) is 0.333. The van der Waals surface area contributed by atoms with Crippen molar-refractivity contribution in [3.8, 4) is 0 Å². The Bertz CT molecular complexity index is 433. The number of hydrogen-bond donors (Lipinski definition) is 1. The molecule has 0 fully saturated rings. The standard InChI is InChI=1S/C12H14N2O/c1-12(2)7-9-5-3-4-6-10(9)11(14-12)8-13-15/h3-6,8,15H,7H2,1-2H3/b13-8-. The molecule has 0 saturated heterocycles. The lowest BCUT2D eigenvalue weighted by Gasteiger charge is -2.27. The Morgan fingerprint density at radius 2 is 2.13 bits per heavy atom. The van der Waals surface area contributed by atoms with Gasteiger partial charge in [-0.2, -0.15) is 0 Å². The first-order valence-corrected chi connectivity index (χ1v) is 4.98. The molecular formula is C12H14N2O. The molecule has 1 aromatic carbocycles. The Morgan fingerprint density at radius 1 is 1.40 bits per heavy atom. The summed E-state index contributed by atoms with van der Waals surface area (Å²) in [5, 5.41) is 11.7. The highest BCUT2D eigenvalue weighted by Gasteiger charge is 2.25. The number of nitrogens with zero attached hydrogens (tertiary/aromatic N) is 2. The first-order chi connectivity index (χ1) is 7.12. The Labute approximate surface area is 89.2 Å².